The van der Waals surface area contributed by atoms with E-state index in [-0.39, 0.29) is 5.78 Å². The lowest BCUT2D eigenvalue weighted by molar-refractivity contribution is -0.119. The van der Waals surface area contributed by atoms with Crippen molar-refractivity contribution in [3.8, 4) is 6.07 Å². The second kappa shape index (κ2) is 7.19. The van der Waals surface area contributed by atoms with Gasteiger partial charge in [0.25, 0.3) is 0 Å². The van der Waals surface area contributed by atoms with Crippen molar-refractivity contribution in [2.45, 2.75) is 50.9 Å². The van der Waals surface area contributed by atoms with E-state index in [9.17, 15) is 14.4 Å². The number of rotatable bonds is 5. The lowest BCUT2D eigenvalue weighted by Gasteiger charge is -2.21. The third kappa shape index (κ3) is 3.90. The van der Waals surface area contributed by atoms with E-state index in [4.69, 9.17) is 0 Å². The molecule has 1 aliphatic rings. The quantitative estimate of drug-likeness (QED) is 0.799. The van der Waals surface area contributed by atoms with Crippen molar-refractivity contribution in [3.63, 3.8) is 0 Å². The van der Waals surface area contributed by atoms with E-state index in [1.165, 1.54) is 44.2 Å². The van der Waals surface area contributed by atoms with Gasteiger partial charge in [-0.3, -0.25) is 4.79 Å². The molecule has 20 heavy (non-hydrogen) atoms. The molecule has 1 fully saturated rings. The first-order chi connectivity index (χ1) is 9.70. The number of carbonyl (C=O) groups is 1. The molecule has 0 aliphatic heterocycles. The average molecular weight is 273 g/mol. The van der Waals surface area contributed by atoms with Crippen molar-refractivity contribution in [1.82, 2.24) is 0 Å². The molecule has 0 aromatic heterocycles. The van der Waals surface area contributed by atoms with Gasteiger partial charge in [0.1, 0.15) is 11.7 Å². The van der Waals surface area contributed by atoms with E-state index < -0.39 is 11.7 Å². The lowest BCUT2D eigenvalue weighted by atomic mass is 9.84. The third-order valence-corrected chi connectivity index (χ3v) is 4.16. The number of halogens is 1. The monoisotopic (exact) mass is 273 g/mol. The van der Waals surface area contributed by atoms with Gasteiger partial charge in [0.05, 0.1) is 6.07 Å². The Morgan fingerprint density at radius 1 is 1.35 bits per heavy atom. The van der Waals surface area contributed by atoms with Gasteiger partial charge in [0, 0.05) is 6.42 Å². The third-order valence-electron chi connectivity index (χ3n) is 4.16. The topological polar surface area (TPSA) is 40.9 Å². The minimum atomic E-state index is -0.825. The average Bonchev–Trinajstić information content (AvgIpc) is 2.47. The molecule has 0 N–H and O–H groups in total. The predicted molar refractivity (Wildman–Crippen MR) is 75.6 cm³/mol. The highest BCUT2D eigenvalue weighted by atomic mass is 19.1. The van der Waals surface area contributed by atoms with Gasteiger partial charge >= 0.3 is 0 Å². The van der Waals surface area contributed by atoms with Crippen molar-refractivity contribution in [2.24, 2.45) is 5.92 Å². The zero-order valence-corrected chi connectivity index (χ0v) is 11.6. The second-order valence-electron chi connectivity index (χ2n) is 5.63. The van der Waals surface area contributed by atoms with Gasteiger partial charge < -0.3 is 0 Å². The van der Waals surface area contributed by atoms with Gasteiger partial charge in [0.15, 0.2) is 5.78 Å². The number of nitrogens with zero attached hydrogens (tertiary/aromatic N) is 1. The molecule has 106 valence electrons. The molecule has 0 amide bonds. The van der Waals surface area contributed by atoms with E-state index in [0.717, 1.165) is 6.42 Å². The van der Waals surface area contributed by atoms with Gasteiger partial charge in [-0.1, -0.05) is 44.2 Å². The largest absolute Gasteiger partial charge is 0.298 e. The maximum atomic E-state index is 13.2. The van der Waals surface area contributed by atoms with Crippen LogP contribution in [0.5, 0.6) is 0 Å². The Labute approximate surface area is 119 Å². The summed E-state index contributed by atoms with van der Waals surface area (Å²) in [6.07, 6.45) is 7.50. The van der Waals surface area contributed by atoms with Crippen LogP contribution in [0.4, 0.5) is 4.39 Å². The van der Waals surface area contributed by atoms with Crippen LogP contribution in [0.2, 0.25) is 0 Å². The molecule has 0 bridgehead atoms. The fourth-order valence-electron chi connectivity index (χ4n) is 2.99. The summed E-state index contributed by atoms with van der Waals surface area (Å²) in [4.78, 5) is 12.2. The first-order valence-electron chi connectivity index (χ1n) is 7.38. The summed E-state index contributed by atoms with van der Waals surface area (Å²) < 4.78 is 13.2. The van der Waals surface area contributed by atoms with Crippen LogP contribution in [-0.2, 0) is 4.79 Å². The van der Waals surface area contributed by atoms with Crippen LogP contribution < -0.4 is 0 Å². The fraction of sp³-hybridized carbons (Fsp3) is 0.529. The number of benzene rings is 1. The number of Topliss-reactive ketones (excluding diaryl/α,β-unsaturated/α-hetero) is 1. The van der Waals surface area contributed by atoms with E-state index >= 15 is 0 Å². The molecule has 2 nitrogen and oxygen atoms in total. The highest BCUT2D eigenvalue weighted by Crippen LogP contribution is 2.28. The number of hydrogen-bond acceptors (Lipinski definition) is 2. The molecule has 2 rings (SSSR count). The molecule has 1 atom stereocenters. The Bertz CT molecular complexity index is 500. The van der Waals surface area contributed by atoms with Crippen LogP contribution in [-0.4, -0.2) is 5.78 Å². The standard InChI is InChI=1S/C17H20FNO/c18-15-8-4-7-14(11-15)16(12-19)17(20)10-9-13-5-2-1-3-6-13/h4,7-8,11,13,16H,1-3,5-6,9-10H2. The molecule has 1 aromatic rings. The summed E-state index contributed by atoms with van der Waals surface area (Å²) in [6, 6.07) is 7.82. The van der Waals surface area contributed by atoms with Crippen LogP contribution in [0.15, 0.2) is 24.3 Å². The number of ketones is 1. The molecular weight excluding hydrogens is 253 g/mol. The lowest BCUT2D eigenvalue weighted by Crippen LogP contribution is -2.14. The first kappa shape index (κ1) is 14.7. The number of nitriles is 1. The minimum Gasteiger partial charge on any atom is -0.298 e. The molecule has 1 aromatic carbocycles. The number of carbonyl (C=O) groups excluding carboxylic acids is 1. The Kier molecular flexibility index (Phi) is 5.29. The van der Waals surface area contributed by atoms with Gasteiger partial charge in [-0.25, -0.2) is 4.39 Å². The Morgan fingerprint density at radius 2 is 2.10 bits per heavy atom. The van der Waals surface area contributed by atoms with Crippen molar-refractivity contribution in [2.75, 3.05) is 0 Å². The Hall–Kier alpha value is -1.69. The van der Waals surface area contributed by atoms with Gasteiger partial charge in [-0.15, -0.1) is 0 Å². The van der Waals surface area contributed by atoms with Crippen LogP contribution in [0.1, 0.15) is 56.4 Å². The van der Waals surface area contributed by atoms with E-state index in [2.05, 4.69) is 0 Å². The van der Waals surface area contributed by atoms with Crippen LogP contribution >= 0.6 is 0 Å². The summed E-state index contributed by atoms with van der Waals surface area (Å²) >= 11 is 0. The summed E-state index contributed by atoms with van der Waals surface area (Å²) in [7, 11) is 0. The molecule has 1 saturated carbocycles. The molecule has 3 heteroatoms. The first-order valence-corrected chi connectivity index (χ1v) is 7.38. The van der Waals surface area contributed by atoms with E-state index in [1.807, 2.05) is 6.07 Å². The van der Waals surface area contributed by atoms with Gasteiger partial charge in [-0.05, 0) is 30.0 Å². The van der Waals surface area contributed by atoms with Crippen molar-refractivity contribution < 1.29 is 9.18 Å². The maximum absolute atomic E-state index is 13.2. The molecular formula is C17H20FNO. The van der Waals surface area contributed by atoms with Crippen molar-refractivity contribution >= 4 is 5.78 Å². The minimum absolute atomic E-state index is 0.0799. The summed E-state index contributed by atoms with van der Waals surface area (Å²) in [5.74, 6) is -0.680. The van der Waals surface area contributed by atoms with Crippen molar-refractivity contribution in [1.29, 1.82) is 5.26 Å². The van der Waals surface area contributed by atoms with E-state index in [0.29, 0.717) is 17.9 Å². The molecule has 0 heterocycles. The zero-order valence-electron chi connectivity index (χ0n) is 11.6. The summed E-state index contributed by atoms with van der Waals surface area (Å²) in [5, 5.41) is 9.18. The number of hydrogen-bond donors (Lipinski definition) is 0. The SMILES string of the molecule is N#CC(C(=O)CCC1CCCCC1)c1cccc(F)c1. The maximum Gasteiger partial charge on any atom is 0.154 e. The van der Waals surface area contributed by atoms with Gasteiger partial charge in [-0.2, -0.15) is 5.26 Å². The van der Waals surface area contributed by atoms with Crippen molar-refractivity contribution in [3.05, 3.63) is 35.6 Å². The molecule has 0 saturated heterocycles. The predicted octanol–water partition coefficient (Wildman–Crippen LogP) is 4.36. The molecule has 0 spiro atoms. The second-order valence-corrected chi connectivity index (χ2v) is 5.63. The fourth-order valence-corrected chi connectivity index (χ4v) is 2.99. The van der Waals surface area contributed by atoms with Crippen LogP contribution in [0.25, 0.3) is 0 Å². The van der Waals surface area contributed by atoms with Gasteiger partial charge in [0.2, 0.25) is 0 Å². The zero-order chi connectivity index (χ0) is 14.4. The van der Waals surface area contributed by atoms with Crippen LogP contribution in [0.3, 0.4) is 0 Å². The molecule has 1 unspecified atom stereocenters. The van der Waals surface area contributed by atoms with Crippen LogP contribution in [0, 0.1) is 23.1 Å². The summed E-state index contributed by atoms with van der Waals surface area (Å²) in [6.45, 7) is 0. The summed E-state index contributed by atoms with van der Waals surface area (Å²) in [5.41, 5.74) is 0.473. The highest BCUT2D eigenvalue weighted by Gasteiger charge is 2.22. The Morgan fingerprint density at radius 3 is 2.75 bits per heavy atom. The van der Waals surface area contributed by atoms with E-state index in [1.54, 1.807) is 12.1 Å². The normalized spacial score (nSPS) is 17.4. The Balaban J connectivity index is 1.94. The smallest absolute Gasteiger partial charge is 0.154 e. The molecule has 1 aliphatic carbocycles. The molecule has 0 radical (unpaired) electrons. The highest BCUT2D eigenvalue weighted by molar-refractivity contribution is 5.88.